The number of carbonyl (C=O) groups is 1. The molecule has 1 aliphatic carbocycles. The van der Waals surface area contributed by atoms with Crippen LogP contribution < -0.4 is 11.1 Å². The van der Waals surface area contributed by atoms with E-state index in [2.05, 4.69) is 12.2 Å². The molecule has 0 bridgehead atoms. The molecule has 0 aromatic heterocycles. The Balaban J connectivity index is 1.92. The van der Waals surface area contributed by atoms with Crippen LogP contribution in [0.3, 0.4) is 0 Å². The molecule has 1 atom stereocenters. The predicted octanol–water partition coefficient (Wildman–Crippen LogP) is 1.91. The van der Waals surface area contributed by atoms with Crippen molar-refractivity contribution in [3.63, 3.8) is 0 Å². The van der Waals surface area contributed by atoms with Crippen LogP contribution in [-0.2, 0) is 9.53 Å². The van der Waals surface area contributed by atoms with E-state index >= 15 is 0 Å². The number of nitrogens with two attached hydrogens (primary N) is 1. The molecule has 1 heterocycles. The summed E-state index contributed by atoms with van der Waals surface area (Å²) in [5.74, 6) is 0.715. The number of amides is 1. The summed E-state index contributed by atoms with van der Waals surface area (Å²) in [5, 5.41) is 3.09. The first-order chi connectivity index (χ1) is 9.02. The Labute approximate surface area is 120 Å². The molecule has 4 nitrogen and oxygen atoms in total. The topological polar surface area (TPSA) is 64.3 Å². The number of thiocarbonyl (C=S) groups is 1. The predicted molar refractivity (Wildman–Crippen MR) is 78.9 cm³/mol. The van der Waals surface area contributed by atoms with Gasteiger partial charge in [0.2, 0.25) is 5.91 Å². The lowest BCUT2D eigenvalue weighted by Gasteiger charge is -2.39. The molecule has 2 fully saturated rings. The van der Waals surface area contributed by atoms with Crippen LogP contribution in [0.25, 0.3) is 0 Å². The third-order valence-corrected chi connectivity index (χ3v) is 4.81. The fraction of sp³-hybridized carbons (Fsp3) is 0.857. The molecule has 0 aromatic rings. The van der Waals surface area contributed by atoms with Gasteiger partial charge in [0, 0.05) is 6.61 Å². The highest BCUT2D eigenvalue weighted by atomic mass is 32.1. The Morgan fingerprint density at radius 3 is 2.63 bits per heavy atom. The molecule has 3 N–H and O–H groups in total. The summed E-state index contributed by atoms with van der Waals surface area (Å²) in [6, 6.07) is 0. The van der Waals surface area contributed by atoms with Gasteiger partial charge in [0.05, 0.1) is 23.1 Å². The largest absolute Gasteiger partial charge is 0.391 e. The van der Waals surface area contributed by atoms with E-state index in [1.165, 1.54) is 0 Å². The van der Waals surface area contributed by atoms with Crippen molar-refractivity contribution in [2.45, 2.75) is 63.5 Å². The van der Waals surface area contributed by atoms with Gasteiger partial charge < -0.3 is 15.8 Å². The van der Waals surface area contributed by atoms with Crippen LogP contribution in [0.4, 0.5) is 0 Å². The first kappa shape index (κ1) is 14.7. The third kappa shape index (κ3) is 3.66. The second kappa shape index (κ2) is 6.18. The van der Waals surface area contributed by atoms with Crippen LogP contribution in [0.2, 0.25) is 0 Å². The van der Waals surface area contributed by atoms with Crippen molar-refractivity contribution in [3.8, 4) is 0 Å². The van der Waals surface area contributed by atoms with Crippen molar-refractivity contribution in [3.05, 3.63) is 0 Å². The van der Waals surface area contributed by atoms with Crippen molar-refractivity contribution in [2.24, 2.45) is 11.7 Å². The summed E-state index contributed by atoms with van der Waals surface area (Å²) in [5.41, 5.74) is 5.43. The summed E-state index contributed by atoms with van der Waals surface area (Å²) in [6.45, 7) is 3.01. The normalized spacial score (nSPS) is 35.0. The van der Waals surface area contributed by atoms with E-state index in [0.717, 1.165) is 45.1 Å². The molecule has 0 radical (unpaired) electrons. The Morgan fingerprint density at radius 2 is 2.11 bits per heavy atom. The van der Waals surface area contributed by atoms with Crippen LogP contribution in [0.15, 0.2) is 0 Å². The van der Waals surface area contributed by atoms with Crippen LogP contribution in [0.5, 0.6) is 0 Å². The maximum absolute atomic E-state index is 12.2. The number of carbonyl (C=O) groups excluding carboxylic acids is 1. The van der Waals surface area contributed by atoms with Crippen LogP contribution >= 0.6 is 12.2 Å². The molecule has 1 amide bonds. The van der Waals surface area contributed by atoms with E-state index in [-0.39, 0.29) is 12.0 Å². The average Bonchev–Trinajstić information content (AvgIpc) is 2.84. The van der Waals surface area contributed by atoms with Crippen molar-refractivity contribution < 1.29 is 9.53 Å². The van der Waals surface area contributed by atoms with Gasteiger partial charge in [0.25, 0.3) is 0 Å². The second-order valence-electron chi connectivity index (χ2n) is 6.02. The lowest BCUT2D eigenvalue weighted by Crippen LogP contribution is -2.58. The molecular weight excluding hydrogens is 260 g/mol. The van der Waals surface area contributed by atoms with E-state index in [1.54, 1.807) is 0 Å². The second-order valence-corrected chi connectivity index (χ2v) is 6.46. The Kier molecular flexibility index (Phi) is 4.79. The lowest BCUT2D eigenvalue weighted by molar-refractivity contribution is -0.124. The summed E-state index contributed by atoms with van der Waals surface area (Å²) in [7, 11) is 0. The van der Waals surface area contributed by atoms with Crippen molar-refractivity contribution >= 4 is 23.1 Å². The van der Waals surface area contributed by atoms with E-state index in [1.807, 2.05) is 0 Å². The first-order valence-corrected chi connectivity index (χ1v) is 7.65. The summed E-state index contributed by atoms with van der Waals surface area (Å²) < 4.78 is 5.50. The number of hydrogen-bond acceptors (Lipinski definition) is 3. The van der Waals surface area contributed by atoms with Gasteiger partial charge in [0.15, 0.2) is 0 Å². The minimum absolute atomic E-state index is 0.0225. The molecule has 2 aliphatic rings. The Morgan fingerprint density at radius 1 is 1.42 bits per heavy atom. The van der Waals surface area contributed by atoms with Gasteiger partial charge >= 0.3 is 0 Å². The third-order valence-electron chi connectivity index (χ3n) is 4.42. The fourth-order valence-electron chi connectivity index (χ4n) is 3.02. The highest BCUT2D eigenvalue weighted by Gasteiger charge is 2.38. The van der Waals surface area contributed by atoms with Gasteiger partial charge in [-0.3, -0.25) is 4.79 Å². The number of ether oxygens (including phenoxy) is 1. The monoisotopic (exact) mass is 284 g/mol. The van der Waals surface area contributed by atoms with E-state index in [0.29, 0.717) is 17.3 Å². The van der Waals surface area contributed by atoms with E-state index < -0.39 is 5.54 Å². The van der Waals surface area contributed by atoms with Crippen molar-refractivity contribution in [1.29, 1.82) is 0 Å². The number of nitrogens with one attached hydrogen (secondary N) is 1. The maximum atomic E-state index is 12.2. The molecule has 19 heavy (non-hydrogen) atoms. The maximum Gasteiger partial charge on any atom is 0.223 e. The summed E-state index contributed by atoms with van der Waals surface area (Å²) >= 11 is 5.20. The van der Waals surface area contributed by atoms with Gasteiger partial charge in [-0.15, -0.1) is 0 Å². The van der Waals surface area contributed by atoms with Gasteiger partial charge in [-0.2, -0.15) is 0 Å². The van der Waals surface area contributed by atoms with Gasteiger partial charge in [-0.1, -0.05) is 19.1 Å². The standard InChI is InChI=1S/C14H24N2O2S/c1-10-4-6-14(7-5-10,13(15)19)16-12(17)9-11-3-2-8-18-11/h10-11H,2-9H2,1H3,(H2,15,19)(H,16,17). The first-order valence-electron chi connectivity index (χ1n) is 7.24. The lowest BCUT2D eigenvalue weighted by atomic mass is 9.77. The zero-order valence-electron chi connectivity index (χ0n) is 11.6. The molecule has 5 heteroatoms. The van der Waals surface area contributed by atoms with Crippen molar-refractivity contribution in [2.75, 3.05) is 6.61 Å². The number of rotatable bonds is 4. The van der Waals surface area contributed by atoms with E-state index in [4.69, 9.17) is 22.7 Å². The molecule has 1 saturated heterocycles. The average molecular weight is 284 g/mol. The molecule has 0 aromatic carbocycles. The molecule has 1 saturated carbocycles. The summed E-state index contributed by atoms with van der Waals surface area (Å²) in [4.78, 5) is 12.6. The summed E-state index contributed by atoms with van der Waals surface area (Å²) in [6.07, 6.45) is 6.39. The Bertz CT molecular complexity index is 345. The van der Waals surface area contributed by atoms with Crippen molar-refractivity contribution in [1.82, 2.24) is 5.32 Å². The molecule has 1 aliphatic heterocycles. The fourth-order valence-corrected chi connectivity index (χ4v) is 3.27. The minimum Gasteiger partial charge on any atom is -0.391 e. The van der Waals surface area contributed by atoms with Gasteiger partial charge in [-0.05, 0) is 44.4 Å². The SMILES string of the molecule is CC1CCC(NC(=O)CC2CCCO2)(C(N)=S)CC1. The van der Waals surface area contributed by atoms with E-state index in [9.17, 15) is 4.79 Å². The van der Waals surface area contributed by atoms with Gasteiger partial charge in [0.1, 0.15) is 0 Å². The van der Waals surface area contributed by atoms with Crippen LogP contribution in [-0.4, -0.2) is 29.1 Å². The Hall–Kier alpha value is -0.680. The molecular formula is C14H24N2O2S. The van der Waals surface area contributed by atoms with Gasteiger partial charge in [-0.25, -0.2) is 0 Å². The molecule has 0 spiro atoms. The quantitative estimate of drug-likeness (QED) is 0.774. The number of hydrogen-bond donors (Lipinski definition) is 2. The van der Waals surface area contributed by atoms with Crippen LogP contribution in [0.1, 0.15) is 51.9 Å². The highest BCUT2D eigenvalue weighted by Crippen LogP contribution is 2.32. The van der Waals surface area contributed by atoms with Crippen LogP contribution in [0, 0.1) is 5.92 Å². The molecule has 1 unspecified atom stereocenters. The zero-order chi connectivity index (χ0) is 13.9. The smallest absolute Gasteiger partial charge is 0.223 e. The minimum atomic E-state index is -0.461. The highest BCUT2D eigenvalue weighted by molar-refractivity contribution is 7.80. The zero-order valence-corrected chi connectivity index (χ0v) is 12.4. The molecule has 108 valence electrons. The molecule has 2 rings (SSSR count).